The first-order chi connectivity index (χ1) is 9.76. The predicted molar refractivity (Wildman–Crippen MR) is 81.7 cm³/mol. The first kappa shape index (κ1) is 17.8. The molecule has 0 aliphatic carbocycles. The molecular weight excluding hydrogens is 277 g/mol. The predicted octanol–water partition coefficient (Wildman–Crippen LogP) is 4.52. The monoisotopic (exact) mass is 302 g/mol. The Balaban J connectivity index is 3.08. The molecule has 1 unspecified atom stereocenters. The van der Waals surface area contributed by atoms with Gasteiger partial charge in [-0.1, -0.05) is 25.1 Å². The third-order valence-electron chi connectivity index (χ3n) is 3.39. The lowest BCUT2D eigenvalue weighted by Gasteiger charge is -2.33. The van der Waals surface area contributed by atoms with E-state index in [1.54, 1.807) is 26.0 Å². The fourth-order valence-electron chi connectivity index (χ4n) is 2.33. The molecule has 0 aliphatic rings. The highest BCUT2D eigenvalue weighted by Crippen LogP contribution is 2.30. The summed E-state index contributed by atoms with van der Waals surface area (Å²) in [5, 5.41) is 3.34. The third-order valence-corrected chi connectivity index (χ3v) is 3.39. The van der Waals surface area contributed by atoms with Crippen molar-refractivity contribution in [1.82, 2.24) is 5.32 Å². The summed E-state index contributed by atoms with van der Waals surface area (Å²) in [4.78, 5) is 1.42. The van der Waals surface area contributed by atoms with Gasteiger partial charge in [-0.2, -0.15) is 13.2 Å². The van der Waals surface area contributed by atoms with Crippen LogP contribution < -0.4 is 10.2 Å². The number of halogens is 3. The van der Waals surface area contributed by atoms with Crippen LogP contribution in [-0.2, 0) is 0 Å². The van der Waals surface area contributed by atoms with Gasteiger partial charge in [-0.25, -0.2) is 0 Å². The van der Waals surface area contributed by atoms with Gasteiger partial charge in [0.15, 0.2) is 0 Å². The van der Waals surface area contributed by atoms with E-state index in [9.17, 15) is 13.2 Å². The van der Waals surface area contributed by atoms with Crippen LogP contribution in [0.3, 0.4) is 0 Å². The van der Waals surface area contributed by atoms with Crippen LogP contribution >= 0.6 is 0 Å². The molecule has 2 nitrogen and oxygen atoms in total. The molecule has 1 N–H and O–H groups in total. The molecule has 0 aliphatic heterocycles. The van der Waals surface area contributed by atoms with Crippen LogP contribution in [0.2, 0.25) is 0 Å². The van der Waals surface area contributed by atoms with E-state index in [4.69, 9.17) is 0 Å². The smallest absolute Gasteiger partial charge is 0.360 e. The van der Waals surface area contributed by atoms with Crippen molar-refractivity contribution in [3.63, 3.8) is 0 Å². The lowest BCUT2D eigenvalue weighted by Crippen LogP contribution is -2.40. The normalized spacial score (nSPS) is 13.5. The molecule has 21 heavy (non-hydrogen) atoms. The number of rotatable bonds is 7. The van der Waals surface area contributed by atoms with Gasteiger partial charge in [-0.05, 0) is 45.4 Å². The topological polar surface area (TPSA) is 15.3 Å². The van der Waals surface area contributed by atoms with Crippen molar-refractivity contribution >= 4 is 5.69 Å². The fourth-order valence-corrected chi connectivity index (χ4v) is 2.33. The summed E-state index contributed by atoms with van der Waals surface area (Å²) in [5.41, 5.74) is 1.56. The van der Waals surface area contributed by atoms with E-state index >= 15 is 0 Å². The molecule has 0 radical (unpaired) electrons. The van der Waals surface area contributed by atoms with E-state index in [-0.39, 0.29) is 12.1 Å². The molecule has 120 valence electrons. The van der Waals surface area contributed by atoms with E-state index < -0.39 is 12.7 Å². The molecule has 0 heterocycles. The summed E-state index contributed by atoms with van der Waals surface area (Å²) in [6.07, 6.45) is -3.22. The maximum atomic E-state index is 12.8. The first-order valence-electron chi connectivity index (χ1n) is 7.42. The molecule has 1 aromatic rings. The van der Waals surface area contributed by atoms with Crippen LogP contribution in [0.15, 0.2) is 24.3 Å². The fraction of sp³-hybridized carbons (Fsp3) is 0.625. The average molecular weight is 302 g/mol. The average Bonchev–Trinajstić information content (AvgIpc) is 2.41. The number of para-hydroxylation sites is 1. The van der Waals surface area contributed by atoms with E-state index in [0.717, 1.165) is 18.5 Å². The third kappa shape index (κ3) is 5.58. The number of alkyl halides is 3. The molecule has 0 amide bonds. The Morgan fingerprint density at radius 2 is 1.76 bits per heavy atom. The molecule has 0 fully saturated rings. The molecule has 0 bridgehead atoms. The Hall–Kier alpha value is -1.23. The largest absolute Gasteiger partial charge is 0.405 e. The Labute approximate surface area is 125 Å². The first-order valence-corrected chi connectivity index (χ1v) is 7.42. The highest BCUT2D eigenvalue weighted by molar-refractivity contribution is 5.55. The summed E-state index contributed by atoms with van der Waals surface area (Å²) < 4.78 is 38.5. The minimum atomic E-state index is -4.21. The van der Waals surface area contributed by atoms with Gasteiger partial charge in [0.05, 0.1) is 0 Å². The molecule has 0 aromatic heterocycles. The van der Waals surface area contributed by atoms with Gasteiger partial charge in [0.25, 0.3) is 0 Å². The second kappa shape index (κ2) is 7.69. The zero-order valence-corrected chi connectivity index (χ0v) is 13.2. The van der Waals surface area contributed by atoms with Crippen LogP contribution in [-0.4, -0.2) is 25.3 Å². The summed E-state index contributed by atoms with van der Waals surface area (Å²) in [6.45, 7) is 7.54. The number of benzene rings is 1. The molecule has 1 aromatic carbocycles. The quantitative estimate of drug-likeness (QED) is 0.796. The number of nitrogens with one attached hydrogen (secondary N) is 1. The summed E-state index contributed by atoms with van der Waals surface area (Å²) >= 11 is 0. The highest BCUT2D eigenvalue weighted by atomic mass is 19.4. The van der Waals surface area contributed by atoms with Gasteiger partial charge in [0, 0.05) is 17.8 Å². The lowest BCUT2D eigenvalue weighted by molar-refractivity contribution is -0.120. The summed E-state index contributed by atoms with van der Waals surface area (Å²) in [5.74, 6) is 0. The Morgan fingerprint density at radius 3 is 2.29 bits per heavy atom. The number of anilines is 1. The summed E-state index contributed by atoms with van der Waals surface area (Å²) in [6, 6.07) is 7.13. The zero-order valence-electron chi connectivity index (χ0n) is 13.2. The second-order valence-electron chi connectivity index (χ2n) is 5.57. The van der Waals surface area contributed by atoms with E-state index in [1.807, 2.05) is 19.1 Å². The molecule has 0 saturated carbocycles. The Morgan fingerprint density at radius 1 is 1.14 bits per heavy atom. The van der Waals surface area contributed by atoms with Gasteiger partial charge in [-0.3, -0.25) is 0 Å². The van der Waals surface area contributed by atoms with E-state index in [1.165, 1.54) is 4.90 Å². The maximum absolute atomic E-state index is 12.8. The molecule has 1 atom stereocenters. The van der Waals surface area contributed by atoms with Gasteiger partial charge in [-0.15, -0.1) is 0 Å². The van der Waals surface area contributed by atoms with E-state index in [0.29, 0.717) is 5.69 Å². The minimum Gasteiger partial charge on any atom is -0.360 e. The van der Waals surface area contributed by atoms with Crippen LogP contribution in [0.1, 0.15) is 45.7 Å². The molecule has 0 saturated heterocycles. The van der Waals surface area contributed by atoms with Crippen LogP contribution in [0.25, 0.3) is 0 Å². The van der Waals surface area contributed by atoms with E-state index in [2.05, 4.69) is 12.2 Å². The van der Waals surface area contributed by atoms with Gasteiger partial charge in [0.2, 0.25) is 0 Å². The van der Waals surface area contributed by atoms with Crippen molar-refractivity contribution in [3.8, 4) is 0 Å². The maximum Gasteiger partial charge on any atom is 0.405 e. The number of hydrogen-bond donors (Lipinski definition) is 1. The van der Waals surface area contributed by atoms with Crippen LogP contribution in [0, 0.1) is 0 Å². The van der Waals surface area contributed by atoms with Gasteiger partial charge in [0.1, 0.15) is 6.54 Å². The Bertz CT molecular complexity index is 430. The van der Waals surface area contributed by atoms with Crippen LogP contribution in [0.4, 0.5) is 18.9 Å². The van der Waals surface area contributed by atoms with Crippen LogP contribution in [0.5, 0.6) is 0 Å². The minimum absolute atomic E-state index is 0.0237. The lowest BCUT2D eigenvalue weighted by atomic mass is 10.0. The second-order valence-corrected chi connectivity index (χ2v) is 5.57. The highest BCUT2D eigenvalue weighted by Gasteiger charge is 2.33. The standard InChI is InChI=1S/C16H25F3N2/c1-5-10-20-13(4)14-8-6-7-9-15(14)21(12(2)3)11-16(17,18)19/h6-9,12-13,20H,5,10-11H2,1-4H3. The Kier molecular flexibility index (Phi) is 6.52. The van der Waals surface area contributed by atoms with Crippen molar-refractivity contribution in [2.75, 3.05) is 18.0 Å². The van der Waals surface area contributed by atoms with Crippen molar-refractivity contribution < 1.29 is 13.2 Å². The molecule has 0 spiro atoms. The zero-order chi connectivity index (χ0) is 16.0. The molecule has 1 rings (SSSR count). The van der Waals surface area contributed by atoms with Crippen molar-refractivity contribution in [2.45, 2.75) is 52.4 Å². The SMILES string of the molecule is CCCNC(C)c1ccccc1N(CC(F)(F)F)C(C)C. The van der Waals surface area contributed by atoms with Crippen molar-refractivity contribution in [1.29, 1.82) is 0 Å². The van der Waals surface area contributed by atoms with Gasteiger partial charge >= 0.3 is 6.18 Å². The molecule has 5 heteroatoms. The summed E-state index contributed by atoms with van der Waals surface area (Å²) in [7, 11) is 0. The van der Waals surface area contributed by atoms with Crippen molar-refractivity contribution in [3.05, 3.63) is 29.8 Å². The number of hydrogen-bond acceptors (Lipinski definition) is 2. The number of nitrogens with zero attached hydrogens (tertiary/aromatic N) is 1. The van der Waals surface area contributed by atoms with Gasteiger partial charge < -0.3 is 10.2 Å². The molecular formula is C16H25F3N2. The van der Waals surface area contributed by atoms with Crippen molar-refractivity contribution in [2.24, 2.45) is 0 Å².